The molecule has 6 aromatic rings. The molecule has 0 aliphatic carbocycles. The Morgan fingerprint density at radius 3 is 1.64 bits per heavy atom. The van der Waals surface area contributed by atoms with Gasteiger partial charge in [0.25, 0.3) is 0 Å². The van der Waals surface area contributed by atoms with Gasteiger partial charge in [0, 0.05) is 43.9 Å². The second-order valence-electron chi connectivity index (χ2n) is 10.0. The van der Waals surface area contributed by atoms with Crippen molar-refractivity contribution in [2.75, 3.05) is 23.9 Å². The highest BCUT2D eigenvalue weighted by molar-refractivity contribution is 6.09. The standard InChI is InChI=1S/C34H28N2/c1-35(2)30-15-7-11-25-12-8-16-31(34(25)30)36-21-26-19-17-23-9-3-5-13-28(23)32(26)33-27(22-36)20-18-24-10-4-6-14-29(24)33/h3-20H,21-22H2,1-2H3. The summed E-state index contributed by atoms with van der Waals surface area (Å²) in [4.78, 5) is 4.80. The van der Waals surface area contributed by atoms with Gasteiger partial charge in [-0.3, -0.25) is 0 Å². The molecular formula is C34H28N2. The third kappa shape index (κ3) is 3.18. The molecule has 2 nitrogen and oxygen atoms in total. The fraction of sp³-hybridized carbons (Fsp3) is 0.118. The predicted molar refractivity (Wildman–Crippen MR) is 155 cm³/mol. The molecule has 0 amide bonds. The average Bonchev–Trinajstić information content (AvgIpc) is 3.09. The maximum absolute atomic E-state index is 2.57. The molecule has 174 valence electrons. The summed E-state index contributed by atoms with van der Waals surface area (Å²) < 4.78 is 0. The molecule has 0 N–H and O–H groups in total. The van der Waals surface area contributed by atoms with E-state index in [-0.39, 0.29) is 0 Å². The van der Waals surface area contributed by atoms with Crippen LogP contribution in [0.15, 0.2) is 109 Å². The van der Waals surface area contributed by atoms with Gasteiger partial charge >= 0.3 is 0 Å². The van der Waals surface area contributed by atoms with Crippen LogP contribution in [-0.4, -0.2) is 14.1 Å². The number of benzene rings is 6. The molecule has 2 heteroatoms. The second-order valence-corrected chi connectivity index (χ2v) is 10.0. The summed E-state index contributed by atoms with van der Waals surface area (Å²) in [7, 11) is 4.27. The van der Waals surface area contributed by atoms with Gasteiger partial charge in [0.1, 0.15) is 0 Å². The van der Waals surface area contributed by atoms with Crippen molar-refractivity contribution in [2.45, 2.75) is 13.1 Å². The summed E-state index contributed by atoms with van der Waals surface area (Å²) in [6, 6.07) is 40.3. The highest BCUT2D eigenvalue weighted by atomic mass is 15.1. The Labute approximate surface area is 212 Å². The Hall–Kier alpha value is -4.30. The summed E-state index contributed by atoms with van der Waals surface area (Å²) in [5, 5.41) is 7.85. The lowest BCUT2D eigenvalue weighted by Gasteiger charge is -2.27. The van der Waals surface area contributed by atoms with Crippen LogP contribution in [0.25, 0.3) is 43.4 Å². The zero-order valence-electron chi connectivity index (χ0n) is 20.7. The normalized spacial score (nSPS) is 13.0. The van der Waals surface area contributed by atoms with Crippen LogP contribution in [0.3, 0.4) is 0 Å². The molecule has 1 aliphatic heterocycles. The third-order valence-corrected chi connectivity index (χ3v) is 7.69. The summed E-state index contributed by atoms with van der Waals surface area (Å²) >= 11 is 0. The number of anilines is 2. The highest BCUT2D eigenvalue weighted by Gasteiger charge is 2.25. The SMILES string of the molecule is CN(C)c1cccc2cccc(N3Cc4ccc5ccccc5c4-c4c(ccc5ccccc45)C3)c12. The summed E-state index contributed by atoms with van der Waals surface area (Å²) in [5.74, 6) is 0. The van der Waals surface area contributed by atoms with Crippen LogP contribution < -0.4 is 9.80 Å². The molecule has 0 radical (unpaired) electrons. The van der Waals surface area contributed by atoms with Crippen molar-refractivity contribution in [3.63, 3.8) is 0 Å². The maximum atomic E-state index is 2.57. The minimum Gasteiger partial charge on any atom is -0.377 e. The van der Waals surface area contributed by atoms with Crippen molar-refractivity contribution < 1.29 is 0 Å². The Morgan fingerprint density at radius 2 is 1.06 bits per heavy atom. The van der Waals surface area contributed by atoms with Crippen molar-refractivity contribution in [1.29, 1.82) is 0 Å². The minimum absolute atomic E-state index is 0.865. The van der Waals surface area contributed by atoms with Crippen molar-refractivity contribution in [3.8, 4) is 11.1 Å². The molecular weight excluding hydrogens is 436 g/mol. The van der Waals surface area contributed by atoms with Gasteiger partial charge in [-0.25, -0.2) is 0 Å². The van der Waals surface area contributed by atoms with E-state index in [1.54, 1.807) is 0 Å². The van der Waals surface area contributed by atoms with Gasteiger partial charge in [0.05, 0.1) is 0 Å². The van der Waals surface area contributed by atoms with E-state index in [0.29, 0.717) is 0 Å². The summed E-state index contributed by atoms with van der Waals surface area (Å²) in [5.41, 5.74) is 8.07. The highest BCUT2D eigenvalue weighted by Crippen LogP contribution is 2.44. The van der Waals surface area contributed by atoms with E-state index in [1.807, 2.05) is 0 Å². The maximum Gasteiger partial charge on any atom is 0.0473 e. The Kier molecular flexibility index (Phi) is 4.75. The van der Waals surface area contributed by atoms with Gasteiger partial charge in [-0.2, -0.15) is 0 Å². The molecule has 0 saturated heterocycles. The first-order valence-corrected chi connectivity index (χ1v) is 12.6. The van der Waals surface area contributed by atoms with Crippen LogP contribution >= 0.6 is 0 Å². The van der Waals surface area contributed by atoms with Crippen LogP contribution in [0.2, 0.25) is 0 Å². The van der Waals surface area contributed by atoms with E-state index in [1.165, 1.54) is 65.9 Å². The average molecular weight is 465 g/mol. The number of hydrogen-bond donors (Lipinski definition) is 0. The molecule has 0 atom stereocenters. The van der Waals surface area contributed by atoms with Crippen molar-refractivity contribution in [3.05, 3.63) is 120 Å². The Morgan fingerprint density at radius 1 is 0.528 bits per heavy atom. The largest absolute Gasteiger partial charge is 0.377 e. The monoisotopic (exact) mass is 464 g/mol. The Balaban J connectivity index is 1.55. The second kappa shape index (κ2) is 8.13. The van der Waals surface area contributed by atoms with Gasteiger partial charge in [0.15, 0.2) is 0 Å². The van der Waals surface area contributed by atoms with Crippen molar-refractivity contribution in [2.24, 2.45) is 0 Å². The molecule has 0 saturated carbocycles. The van der Waals surface area contributed by atoms with Crippen LogP contribution in [0.5, 0.6) is 0 Å². The molecule has 0 unspecified atom stereocenters. The fourth-order valence-corrected chi connectivity index (χ4v) is 6.06. The molecule has 1 aliphatic rings. The number of fused-ring (bicyclic) bond motifs is 8. The number of nitrogens with zero attached hydrogens (tertiary/aromatic N) is 2. The molecule has 36 heavy (non-hydrogen) atoms. The minimum atomic E-state index is 0.865. The molecule has 6 aromatic carbocycles. The molecule has 0 aromatic heterocycles. The van der Waals surface area contributed by atoms with Gasteiger partial charge in [-0.15, -0.1) is 0 Å². The number of hydrogen-bond acceptors (Lipinski definition) is 2. The Bertz CT molecular complexity index is 1690. The van der Waals surface area contributed by atoms with Gasteiger partial charge in [-0.05, 0) is 61.3 Å². The van der Waals surface area contributed by atoms with Gasteiger partial charge in [-0.1, -0.05) is 97.1 Å². The summed E-state index contributed by atoms with van der Waals surface area (Å²) in [6.07, 6.45) is 0. The smallest absolute Gasteiger partial charge is 0.0473 e. The third-order valence-electron chi connectivity index (χ3n) is 7.69. The first-order chi connectivity index (χ1) is 17.7. The van der Waals surface area contributed by atoms with Crippen LogP contribution in [0.4, 0.5) is 11.4 Å². The predicted octanol–water partition coefficient (Wildman–Crippen LogP) is 8.40. The van der Waals surface area contributed by atoms with Crippen molar-refractivity contribution >= 4 is 43.7 Å². The van der Waals surface area contributed by atoms with E-state index in [2.05, 4.69) is 133 Å². The van der Waals surface area contributed by atoms with Gasteiger partial charge < -0.3 is 9.80 Å². The molecule has 0 fully saturated rings. The first kappa shape index (κ1) is 21.0. The lowest BCUT2D eigenvalue weighted by molar-refractivity contribution is 0.817. The quantitative estimate of drug-likeness (QED) is 0.254. The van der Waals surface area contributed by atoms with E-state index in [0.717, 1.165) is 13.1 Å². The van der Waals surface area contributed by atoms with Crippen LogP contribution in [0.1, 0.15) is 11.1 Å². The van der Waals surface area contributed by atoms with Crippen LogP contribution in [-0.2, 0) is 13.1 Å². The molecule has 7 rings (SSSR count). The van der Waals surface area contributed by atoms with E-state index in [9.17, 15) is 0 Å². The first-order valence-electron chi connectivity index (χ1n) is 12.6. The lowest BCUT2D eigenvalue weighted by atomic mass is 9.88. The molecule has 1 heterocycles. The fourth-order valence-electron chi connectivity index (χ4n) is 6.06. The van der Waals surface area contributed by atoms with E-state index >= 15 is 0 Å². The van der Waals surface area contributed by atoms with E-state index in [4.69, 9.17) is 0 Å². The molecule has 0 bridgehead atoms. The zero-order valence-corrected chi connectivity index (χ0v) is 20.7. The number of rotatable bonds is 2. The lowest BCUT2D eigenvalue weighted by Crippen LogP contribution is -2.22. The van der Waals surface area contributed by atoms with E-state index < -0.39 is 0 Å². The zero-order chi connectivity index (χ0) is 24.2. The molecule has 0 spiro atoms. The van der Waals surface area contributed by atoms with Crippen LogP contribution in [0, 0.1) is 0 Å². The summed E-state index contributed by atoms with van der Waals surface area (Å²) in [6.45, 7) is 1.73. The van der Waals surface area contributed by atoms with Crippen molar-refractivity contribution in [1.82, 2.24) is 0 Å². The topological polar surface area (TPSA) is 6.48 Å². The van der Waals surface area contributed by atoms with Gasteiger partial charge in [0.2, 0.25) is 0 Å².